The van der Waals surface area contributed by atoms with E-state index >= 15 is 0 Å². The third-order valence-electron chi connectivity index (χ3n) is 8.19. The second-order valence-electron chi connectivity index (χ2n) is 11.1. The van der Waals surface area contributed by atoms with Crippen molar-refractivity contribution in [1.29, 1.82) is 0 Å². The highest BCUT2D eigenvalue weighted by atomic mass is 19.4. The van der Waals surface area contributed by atoms with E-state index in [2.05, 4.69) is 15.6 Å². The molecule has 2 amide bonds. The Balaban J connectivity index is 1.22. The minimum atomic E-state index is -4.57. The number of anilines is 3. The SMILES string of the molecule is COc1ccc(CNc2ncc3c(n2)C2(CC2)C(=O)N(c2cc(NC(=O)c4cccc(C(F)(F)F)c4)ccc2C)C3)c(OC)c1. The molecule has 2 N–H and O–H groups in total. The van der Waals surface area contributed by atoms with Crippen LogP contribution < -0.4 is 25.0 Å². The molecule has 2 heterocycles. The molecule has 0 radical (unpaired) electrons. The Bertz CT molecular complexity index is 1810. The molecule has 0 atom stereocenters. The van der Waals surface area contributed by atoms with Crippen LogP contribution in [0.25, 0.3) is 0 Å². The molecule has 6 rings (SSSR count). The Labute approximate surface area is 257 Å². The van der Waals surface area contributed by atoms with Crippen molar-refractivity contribution in [2.24, 2.45) is 0 Å². The van der Waals surface area contributed by atoms with Gasteiger partial charge in [0.15, 0.2) is 0 Å². The summed E-state index contributed by atoms with van der Waals surface area (Å²) < 4.78 is 50.2. The number of ether oxygens (including phenoxy) is 2. The fourth-order valence-electron chi connectivity index (χ4n) is 5.58. The third-order valence-corrected chi connectivity index (χ3v) is 8.19. The Hall–Kier alpha value is -5.13. The van der Waals surface area contributed by atoms with Gasteiger partial charge in [-0.05, 0) is 67.8 Å². The van der Waals surface area contributed by atoms with Crippen LogP contribution in [0.15, 0.2) is 66.9 Å². The number of benzene rings is 3. The molecule has 1 saturated carbocycles. The number of rotatable bonds is 8. The second-order valence-corrected chi connectivity index (χ2v) is 11.1. The van der Waals surface area contributed by atoms with E-state index in [1.165, 1.54) is 12.1 Å². The van der Waals surface area contributed by atoms with E-state index in [1.807, 2.05) is 19.1 Å². The lowest BCUT2D eigenvalue weighted by Gasteiger charge is -2.34. The molecule has 232 valence electrons. The number of hydrogen-bond donors (Lipinski definition) is 2. The van der Waals surface area contributed by atoms with Gasteiger partial charge in [-0.3, -0.25) is 9.59 Å². The van der Waals surface area contributed by atoms with Crippen molar-refractivity contribution in [1.82, 2.24) is 9.97 Å². The van der Waals surface area contributed by atoms with Crippen LogP contribution in [0.2, 0.25) is 0 Å². The van der Waals surface area contributed by atoms with E-state index in [-0.39, 0.29) is 18.0 Å². The van der Waals surface area contributed by atoms with Crippen LogP contribution in [0.1, 0.15) is 51.1 Å². The summed E-state index contributed by atoms with van der Waals surface area (Å²) >= 11 is 0. The highest BCUT2D eigenvalue weighted by molar-refractivity contribution is 6.07. The van der Waals surface area contributed by atoms with Gasteiger partial charge < -0.3 is 25.0 Å². The van der Waals surface area contributed by atoms with E-state index in [1.54, 1.807) is 49.6 Å². The van der Waals surface area contributed by atoms with Gasteiger partial charge in [0.25, 0.3) is 5.91 Å². The number of methoxy groups -OCH3 is 2. The molecular weight excluding hydrogens is 587 g/mol. The fraction of sp³-hybridized carbons (Fsp3) is 0.273. The smallest absolute Gasteiger partial charge is 0.416 e. The lowest BCUT2D eigenvalue weighted by atomic mass is 9.91. The van der Waals surface area contributed by atoms with Crippen molar-refractivity contribution in [2.45, 2.75) is 44.4 Å². The number of aromatic nitrogens is 2. The first-order valence-corrected chi connectivity index (χ1v) is 14.2. The zero-order valence-corrected chi connectivity index (χ0v) is 24.8. The van der Waals surface area contributed by atoms with Crippen LogP contribution in [0.3, 0.4) is 0 Å². The number of carbonyl (C=O) groups excluding carboxylic acids is 2. The van der Waals surface area contributed by atoms with Crippen LogP contribution >= 0.6 is 0 Å². The zero-order valence-electron chi connectivity index (χ0n) is 24.8. The van der Waals surface area contributed by atoms with E-state index in [4.69, 9.17) is 14.5 Å². The minimum Gasteiger partial charge on any atom is -0.497 e. The predicted octanol–water partition coefficient (Wildman–Crippen LogP) is 6.26. The summed E-state index contributed by atoms with van der Waals surface area (Å²) in [5.41, 5.74) is 2.35. The summed E-state index contributed by atoms with van der Waals surface area (Å²) in [6.45, 7) is 2.48. The summed E-state index contributed by atoms with van der Waals surface area (Å²) in [6.07, 6.45) is -1.56. The molecule has 12 heteroatoms. The van der Waals surface area contributed by atoms with Gasteiger partial charge in [0, 0.05) is 46.9 Å². The van der Waals surface area contributed by atoms with Gasteiger partial charge in [-0.25, -0.2) is 9.97 Å². The molecule has 1 fully saturated rings. The van der Waals surface area contributed by atoms with Gasteiger partial charge in [-0.15, -0.1) is 0 Å². The van der Waals surface area contributed by atoms with E-state index in [0.717, 1.165) is 28.8 Å². The Kier molecular flexibility index (Phi) is 7.59. The van der Waals surface area contributed by atoms with Gasteiger partial charge in [0.2, 0.25) is 11.9 Å². The first-order chi connectivity index (χ1) is 21.5. The number of alkyl halides is 3. The lowest BCUT2D eigenvalue weighted by molar-refractivity contribution is -0.137. The van der Waals surface area contributed by atoms with Crippen LogP contribution in [0.4, 0.5) is 30.5 Å². The van der Waals surface area contributed by atoms with Gasteiger partial charge in [0.05, 0.1) is 37.4 Å². The van der Waals surface area contributed by atoms with Crippen LogP contribution in [-0.4, -0.2) is 36.0 Å². The molecule has 45 heavy (non-hydrogen) atoms. The standard InChI is InChI=1S/C33H30F3N5O4/c1-19-7-9-24(39-29(42)20-5-4-6-23(13-20)33(34,35)36)14-26(19)41-18-22-17-38-31(40-28(22)32(11-12-32)30(41)43)37-16-21-8-10-25(44-2)15-27(21)45-3/h4-10,13-15,17H,11-12,16,18H2,1-3H3,(H,39,42)(H,37,38,40). The number of fused-ring (bicyclic) bond motifs is 2. The number of carbonyl (C=O) groups is 2. The number of hydrogen-bond acceptors (Lipinski definition) is 7. The zero-order chi connectivity index (χ0) is 31.9. The molecule has 1 aliphatic heterocycles. The summed E-state index contributed by atoms with van der Waals surface area (Å²) in [7, 11) is 3.17. The minimum absolute atomic E-state index is 0.0964. The largest absolute Gasteiger partial charge is 0.497 e. The predicted molar refractivity (Wildman–Crippen MR) is 162 cm³/mol. The maximum absolute atomic E-state index is 14.0. The molecule has 0 unspecified atom stereocenters. The molecular formula is C33H30F3N5O4. The van der Waals surface area contributed by atoms with E-state index < -0.39 is 23.1 Å². The Morgan fingerprint density at radius 3 is 2.56 bits per heavy atom. The van der Waals surface area contributed by atoms with Crippen molar-refractivity contribution < 1.29 is 32.2 Å². The summed E-state index contributed by atoms with van der Waals surface area (Å²) in [4.78, 5) is 37.8. The van der Waals surface area contributed by atoms with E-state index in [0.29, 0.717) is 53.9 Å². The second kappa shape index (κ2) is 11.4. The van der Waals surface area contributed by atoms with Crippen LogP contribution in [0.5, 0.6) is 11.5 Å². The molecule has 3 aromatic carbocycles. The lowest BCUT2D eigenvalue weighted by Crippen LogP contribution is -2.45. The Morgan fingerprint density at radius 1 is 1.04 bits per heavy atom. The van der Waals surface area contributed by atoms with Crippen molar-refractivity contribution in [3.8, 4) is 11.5 Å². The quantitative estimate of drug-likeness (QED) is 0.240. The number of nitrogens with one attached hydrogen (secondary N) is 2. The van der Waals surface area contributed by atoms with Crippen molar-refractivity contribution >= 4 is 29.1 Å². The molecule has 4 aromatic rings. The highest BCUT2D eigenvalue weighted by Gasteiger charge is 2.58. The molecule has 1 spiro atoms. The summed E-state index contributed by atoms with van der Waals surface area (Å²) in [6, 6.07) is 14.8. The number of halogens is 3. The number of amides is 2. The van der Waals surface area contributed by atoms with Crippen LogP contribution in [0, 0.1) is 6.92 Å². The molecule has 2 aliphatic rings. The van der Waals surface area contributed by atoms with Gasteiger partial charge in [0.1, 0.15) is 11.5 Å². The van der Waals surface area contributed by atoms with Crippen molar-refractivity contribution in [3.05, 3.63) is 100 Å². The highest BCUT2D eigenvalue weighted by Crippen LogP contribution is 2.53. The maximum Gasteiger partial charge on any atom is 0.416 e. The average Bonchev–Trinajstić information content (AvgIpc) is 3.84. The molecule has 0 saturated heterocycles. The van der Waals surface area contributed by atoms with Gasteiger partial charge in [-0.1, -0.05) is 12.1 Å². The average molecular weight is 618 g/mol. The topological polar surface area (TPSA) is 106 Å². The van der Waals surface area contributed by atoms with Crippen molar-refractivity contribution in [2.75, 3.05) is 29.8 Å². The van der Waals surface area contributed by atoms with Crippen LogP contribution in [-0.2, 0) is 29.5 Å². The molecule has 1 aliphatic carbocycles. The van der Waals surface area contributed by atoms with Gasteiger partial charge in [-0.2, -0.15) is 13.2 Å². The molecule has 1 aromatic heterocycles. The normalized spacial score (nSPS) is 15.0. The van der Waals surface area contributed by atoms with E-state index in [9.17, 15) is 22.8 Å². The molecule has 9 nitrogen and oxygen atoms in total. The molecule has 0 bridgehead atoms. The first-order valence-electron chi connectivity index (χ1n) is 14.2. The third kappa shape index (κ3) is 5.75. The fourth-order valence-corrected chi connectivity index (χ4v) is 5.58. The summed E-state index contributed by atoms with van der Waals surface area (Å²) in [5, 5.41) is 5.91. The van der Waals surface area contributed by atoms with Crippen molar-refractivity contribution in [3.63, 3.8) is 0 Å². The summed E-state index contributed by atoms with van der Waals surface area (Å²) in [5.74, 6) is 0.951. The number of aryl methyl sites for hydroxylation is 1. The Morgan fingerprint density at radius 2 is 1.84 bits per heavy atom. The monoisotopic (exact) mass is 617 g/mol. The van der Waals surface area contributed by atoms with Gasteiger partial charge >= 0.3 is 6.18 Å². The maximum atomic E-state index is 14.0. The number of nitrogens with zero attached hydrogens (tertiary/aromatic N) is 3. The first kappa shape index (κ1) is 29.9.